The summed E-state index contributed by atoms with van der Waals surface area (Å²) in [6.45, 7) is 0. The Balaban J connectivity index is 1.74. The molecule has 2 nitrogen and oxygen atoms in total. The van der Waals surface area contributed by atoms with Crippen LogP contribution in [-0.2, 0) is 0 Å². The number of fused-ring (bicyclic) bond motifs is 1. The first-order valence-corrected chi connectivity index (χ1v) is 8.70. The fourth-order valence-corrected chi connectivity index (χ4v) is 3.55. The largest absolute Gasteiger partial charge is 0.355 e. The molecule has 0 saturated carbocycles. The molecule has 0 aliphatic rings. The van der Waals surface area contributed by atoms with Gasteiger partial charge in [0.15, 0.2) is 6.29 Å². The first-order chi connectivity index (χ1) is 12.2. The number of rotatable bonds is 4. The third kappa shape index (κ3) is 3.16. The quantitative estimate of drug-likeness (QED) is 0.441. The molecule has 25 heavy (non-hydrogen) atoms. The van der Waals surface area contributed by atoms with Gasteiger partial charge in [-0.2, -0.15) is 0 Å². The molecule has 0 spiro atoms. The molecule has 0 unspecified atom stereocenters. The lowest BCUT2D eigenvalue weighted by Gasteiger charge is -2.11. The zero-order valence-corrected chi connectivity index (χ0v) is 14.0. The van der Waals surface area contributed by atoms with Crippen molar-refractivity contribution >= 4 is 39.1 Å². The molecule has 0 radical (unpaired) electrons. The third-order valence-electron chi connectivity index (χ3n) is 4.09. The first kappa shape index (κ1) is 15.5. The summed E-state index contributed by atoms with van der Waals surface area (Å²) in [5, 5.41) is 6.48. The second kappa shape index (κ2) is 6.49. The molecular formula is C21H14FNOS. The van der Waals surface area contributed by atoms with Crippen LogP contribution < -0.4 is 5.32 Å². The monoisotopic (exact) mass is 347 g/mol. The van der Waals surface area contributed by atoms with E-state index < -0.39 is 0 Å². The summed E-state index contributed by atoms with van der Waals surface area (Å²) in [5.41, 5.74) is 4.10. The van der Waals surface area contributed by atoms with Crippen LogP contribution in [0.5, 0.6) is 0 Å². The lowest BCUT2D eigenvalue weighted by molar-refractivity contribution is 0.112. The molecule has 0 bridgehead atoms. The molecule has 3 aromatic carbocycles. The van der Waals surface area contributed by atoms with Gasteiger partial charge in [-0.25, -0.2) is 4.39 Å². The van der Waals surface area contributed by atoms with E-state index in [0.29, 0.717) is 11.3 Å². The van der Waals surface area contributed by atoms with Gasteiger partial charge in [-0.15, -0.1) is 11.3 Å². The zero-order chi connectivity index (χ0) is 17.2. The van der Waals surface area contributed by atoms with E-state index in [0.717, 1.165) is 23.1 Å². The molecule has 0 aliphatic carbocycles. The minimum absolute atomic E-state index is 0.293. The summed E-state index contributed by atoms with van der Waals surface area (Å²) in [6.07, 6.45) is 0.817. The predicted octanol–water partition coefficient (Wildman–Crippen LogP) is 6.26. The Hall–Kier alpha value is -2.98. The van der Waals surface area contributed by atoms with E-state index in [9.17, 15) is 9.18 Å². The molecule has 4 heteroatoms. The maximum Gasteiger partial charge on any atom is 0.152 e. The van der Waals surface area contributed by atoms with Crippen molar-refractivity contribution < 1.29 is 9.18 Å². The van der Waals surface area contributed by atoms with Crippen LogP contribution in [0.3, 0.4) is 0 Å². The highest BCUT2D eigenvalue weighted by molar-refractivity contribution is 7.17. The zero-order valence-electron chi connectivity index (χ0n) is 13.2. The van der Waals surface area contributed by atoms with Crippen LogP contribution in [0.4, 0.5) is 15.8 Å². The molecule has 0 atom stereocenters. The molecule has 0 amide bonds. The topological polar surface area (TPSA) is 29.1 Å². The molecule has 4 aromatic rings. The summed E-state index contributed by atoms with van der Waals surface area (Å²) in [6, 6.07) is 20.2. The van der Waals surface area contributed by atoms with Crippen LogP contribution in [0.1, 0.15) is 10.4 Å². The number of aldehydes is 1. The van der Waals surface area contributed by atoms with Gasteiger partial charge < -0.3 is 5.32 Å². The lowest BCUT2D eigenvalue weighted by Crippen LogP contribution is -1.96. The van der Waals surface area contributed by atoms with Gasteiger partial charge in [0, 0.05) is 21.6 Å². The molecule has 1 heterocycles. The number of nitrogens with one attached hydrogen (secondary N) is 1. The standard InChI is InChI=1S/C21H14FNOS/c22-18-4-6-19(7-5-18)23-20-12-15(1-2-17(20)13-24)14-3-8-21-16(11-14)9-10-25-21/h1-13,23H. The van der Waals surface area contributed by atoms with Crippen LogP contribution in [0.2, 0.25) is 0 Å². The Kier molecular flexibility index (Phi) is 4.04. The van der Waals surface area contributed by atoms with Crippen LogP contribution in [-0.4, -0.2) is 6.29 Å². The highest BCUT2D eigenvalue weighted by Crippen LogP contribution is 2.31. The average molecular weight is 347 g/mol. The molecule has 1 aromatic heterocycles. The number of carbonyl (C=O) groups excluding carboxylic acids is 1. The molecule has 0 saturated heterocycles. The Morgan fingerprint density at radius 3 is 2.44 bits per heavy atom. The summed E-state index contributed by atoms with van der Waals surface area (Å²) in [4.78, 5) is 11.4. The van der Waals surface area contributed by atoms with E-state index in [1.807, 2.05) is 12.1 Å². The summed E-state index contributed by atoms with van der Waals surface area (Å²) in [7, 11) is 0. The minimum atomic E-state index is -0.293. The van der Waals surface area contributed by atoms with Crippen molar-refractivity contribution in [2.45, 2.75) is 0 Å². The van der Waals surface area contributed by atoms with E-state index in [-0.39, 0.29) is 5.82 Å². The lowest BCUT2D eigenvalue weighted by atomic mass is 10.0. The van der Waals surface area contributed by atoms with Crippen molar-refractivity contribution in [2.75, 3.05) is 5.32 Å². The van der Waals surface area contributed by atoms with E-state index in [4.69, 9.17) is 0 Å². The SMILES string of the molecule is O=Cc1ccc(-c2ccc3sccc3c2)cc1Nc1ccc(F)cc1. The first-order valence-electron chi connectivity index (χ1n) is 7.82. The van der Waals surface area contributed by atoms with Crippen molar-refractivity contribution in [3.8, 4) is 11.1 Å². The van der Waals surface area contributed by atoms with Crippen LogP contribution >= 0.6 is 11.3 Å². The van der Waals surface area contributed by atoms with E-state index in [1.165, 1.54) is 22.2 Å². The van der Waals surface area contributed by atoms with E-state index in [1.54, 1.807) is 29.5 Å². The molecule has 1 N–H and O–H groups in total. The number of hydrogen-bond donors (Lipinski definition) is 1. The molecule has 4 rings (SSSR count). The Labute approximate surface area is 148 Å². The van der Waals surface area contributed by atoms with Gasteiger partial charge in [0.05, 0.1) is 0 Å². The van der Waals surface area contributed by atoms with Gasteiger partial charge in [0.1, 0.15) is 5.82 Å². The number of halogens is 1. The number of carbonyl (C=O) groups is 1. The predicted molar refractivity (Wildman–Crippen MR) is 102 cm³/mol. The Morgan fingerprint density at radius 1 is 0.880 bits per heavy atom. The number of hydrogen-bond acceptors (Lipinski definition) is 3. The number of thiophene rings is 1. The fourth-order valence-electron chi connectivity index (χ4n) is 2.78. The van der Waals surface area contributed by atoms with Gasteiger partial charge in [-0.1, -0.05) is 12.1 Å². The summed E-state index contributed by atoms with van der Waals surface area (Å²) >= 11 is 1.71. The van der Waals surface area contributed by atoms with Crippen molar-refractivity contribution in [1.29, 1.82) is 0 Å². The third-order valence-corrected chi connectivity index (χ3v) is 4.99. The second-order valence-corrected chi connectivity index (χ2v) is 6.67. The van der Waals surface area contributed by atoms with E-state index in [2.05, 4.69) is 35.0 Å². The molecule has 0 fully saturated rings. The molecule has 0 aliphatic heterocycles. The van der Waals surface area contributed by atoms with Crippen molar-refractivity contribution in [2.24, 2.45) is 0 Å². The van der Waals surface area contributed by atoms with Crippen LogP contribution in [0, 0.1) is 5.82 Å². The van der Waals surface area contributed by atoms with Gasteiger partial charge >= 0.3 is 0 Å². The smallest absolute Gasteiger partial charge is 0.152 e. The van der Waals surface area contributed by atoms with Gasteiger partial charge in [-0.3, -0.25) is 4.79 Å². The van der Waals surface area contributed by atoms with Gasteiger partial charge in [-0.05, 0) is 76.5 Å². The van der Waals surface area contributed by atoms with Crippen LogP contribution in [0.25, 0.3) is 21.2 Å². The van der Waals surface area contributed by atoms with Gasteiger partial charge in [0.25, 0.3) is 0 Å². The van der Waals surface area contributed by atoms with Crippen LogP contribution in [0.15, 0.2) is 72.1 Å². The highest BCUT2D eigenvalue weighted by Gasteiger charge is 2.07. The molecule has 122 valence electrons. The Morgan fingerprint density at radius 2 is 1.64 bits per heavy atom. The average Bonchev–Trinajstić information content (AvgIpc) is 3.11. The fraction of sp³-hybridized carbons (Fsp3) is 0. The second-order valence-electron chi connectivity index (χ2n) is 5.72. The van der Waals surface area contributed by atoms with Crippen molar-refractivity contribution in [3.05, 3.63) is 83.5 Å². The summed E-state index contributed by atoms with van der Waals surface area (Å²) in [5.74, 6) is -0.293. The van der Waals surface area contributed by atoms with Crippen molar-refractivity contribution in [1.82, 2.24) is 0 Å². The molecular weight excluding hydrogens is 333 g/mol. The maximum atomic E-state index is 13.1. The highest BCUT2D eigenvalue weighted by atomic mass is 32.1. The number of benzene rings is 3. The van der Waals surface area contributed by atoms with Crippen molar-refractivity contribution in [3.63, 3.8) is 0 Å². The number of anilines is 2. The minimum Gasteiger partial charge on any atom is -0.355 e. The van der Waals surface area contributed by atoms with Gasteiger partial charge in [0.2, 0.25) is 0 Å². The summed E-state index contributed by atoms with van der Waals surface area (Å²) < 4.78 is 14.3. The Bertz CT molecular complexity index is 1050. The van der Waals surface area contributed by atoms with E-state index >= 15 is 0 Å². The maximum absolute atomic E-state index is 13.1. The normalized spacial score (nSPS) is 10.8.